The van der Waals surface area contributed by atoms with E-state index in [0.29, 0.717) is 16.9 Å². The molecular weight excluding hydrogens is 342 g/mol. The van der Waals surface area contributed by atoms with E-state index < -0.39 is 0 Å². The molecular formula is C17H15N3O2S2. The molecule has 3 rings (SSSR count). The van der Waals surface area contributed by atoms with Gasteiger partial charge in [-0.3, -0.25) is 9.59 Å². The molecule has 0 radical (unpaired) electrons. The molecule has 0 aliphatic heterocycles. The smallest absolute Gasteiger partial charge is 0.255 e. The van der Waals surface area contributed by atoms with E-state index in [2.05, 4.69) is 15.6 Å². The Balaban J connectivity index is 1.80. The number of aromatic nitrogens is 1. The van der Waals surface area contributed by atoms with E-state index in [9.17, 15) is 9.59 Å². The van der Waals surface area contributed by atoms with Gasteiger partial charge < -0.3 is 10.6 Å². The lowest BCUT2D eigenvalue weighted by molar-refractivity contribution is -0.114. The van der Waals surface area contributed by atoms with Gasteiger partial charge in [0.15, 0.2) is 4.34 Å². The first-order valence-corrected chi connectivity index (χ1v) is 9.23. The van der Waals surface area contributed by atoms with Gasteiger partial charge >= 0.3 is 0 Å². The maximum atomic E-state index is 12.4. The van der Waals surface area contributed by atoms with Gasteiger partial charge in [-0.2, -0.15) is 0 Å². The number of nitrogens with one attached hydrogen (secondary N) is 2. The minimum absolute atomic E-state index is 0.173. The Morgan fingerprint density at radius 3 is 2.62 bits per heavy atom. The number of amides is 2. The van der Waals surface area contributed by atoms with E-state index in [1.165, 1.54) is 6.92 Å². The summed E-state index contributed by atoms with van der Waals surface area (Å²) in [5, 5.41) is 5.55. The summed E-state index contributed by atoms with van der Waals surface area (Å²) in [6, 6.07) is 12.5. The molecule has 122 valence electrons. The zero-order valence-corrected chi connectivity index (χ0v) is 14.8. The summed E-state index contributed by atoms with van der Waals surface area (Å²) >= 11 is 3.20. The van der Waals surface area contributed by atoms with Crippen LogP contribution in [-0.2, 0) is 4.79 Å². The first-order chi connectivity index (χ1) is 11.5. The van der Waals surface area contributed by atoms with Crippen molar-refractivity contribution in [1.29, 1.82) is 0 Å². The minimum Gasteiger partial charge on any atom is -0.326 e. The molecule has 0 bridgehead atoms. The number of nitrogens with zero attached hydrogens (tertiary/aromatic N) is 1. The molecule has 0 aliphatic carbocycles. The van der Waals surface area contributed by atoms with Gasteiger partial charge in [0.05, 0.1) is 10.2 Å². The van der Waals surface area contributed by atoms with Gasteiger partial charge in [0.25, 0.3) is 5.91 Å². The molecule has 2 aromatic carbocycles. The Morgan fingerprint density at radius 1 is 1.08 bits per heavy atom. The zero-order valence-electron chi connectivity index (χ0n) is 13.1. The average Bonchev–Trinajstić information content (AvgIpc) is 2.97. The fourth-order valence-electron chi connectivity index (χ4n) is 2.21. The van der Waals surface area contributed by atoms with Crippen molar-refractivity contribution in [3.05, 3.63) is 48.0 Å². The second-order valence-electron chi connectivity index (χ2n) is 5.08. The second kappa shape index (κ2) is 7.02. The Bertz CT molecular complexity index is 921. The molecule has 0 saturated carbocycles. The van der Waals surface area contributed by atoms with Crippen LogP contribution in [0.2, 0.25) is 0 Å². The van der Waals surface area contributed by atoms with E-state index in [-0.39, 0.29) is 11.8 Å². The number of carbonyl (C=O) groups is 2. The van der Waals surface area contributed by atoms with Gasteiger partial charge in [0.2, 0.25) is 5.91 Å². The summed E-state index contributed by atoms with van der Waals surface area (Å²) in [5.41, 5.74) is 2.72. The average molecular weight is 357 g/mol. The predicted molar refractivity (Wildman–Crippen MR) is 100 cm³/mol. The topological polar surface area (TPSA) is 71.1 Å². The number of carbonyl (C=O) groups excluding carboxylic acids is 2. The summed E-state index contributed by atoms with van der Waals surface area (Å²) in [6.45, 7) is 1.43. The maximum absolute atomic E-state index is 12.4. The van der Waals surface area contributed by atoms with Crippen LogP contribution in [0, 0.1) is 0 Å². The van der Waals surface area contributed by atoms with Crippen molar-refractivity contribution in [1.82, 2.24) is 4.98 Å². The van der Waals surface area contributed by atoms with Crippen molar-refractivity contribution in [2.45, 2.75) is 11.3 Å². The fourth-order valence-corrected chi connectivity index (χ4v) is 3.74. The number of fused-ring (bicyclic) bond motifs is 1. The number of hydrogen-bond donors (Lipinski definition) is 2. The van der Waals surface area contributed by atoms with Crippen LogP contribution >= 0.6 is 23.1 Å². The summed E-state index contributed by atoms with van der Waals surface area (Å²) in [4.78, 5) is 28.0. The van der Waals surface area contributed by atoms with Crippen molar-refractivity contribution in [3.8, 4) is 0 Å². The summed E-state index contributed by atoms with van der Waals surface area (Å²) in [5.74, 6) is -0.399. The Morgan fingerprint density at radius 2 is 1.88 bits per heavy atom. The van der Waals surface area contributed by atoms with Crippen molar-refractivity contribution in [3.63, 3.8) is 0 Å². The third-order valence-corrected chi connectivity index (χ3v) is 5.25. The quantitative estimate of drug-likeness (QED) is 0.686. The molecule has 7 heteroatoms. The summed E-state index contributed by atoms with van der Waals surface area (Å²) < 4.78 is 2.03. The second-order valence-corrected chi connectivity index (χ2v) is 7.17. The first-order valence-electron chi connectivity index (χ1n) is 7.19. The van der Waals surface area contributed by atoms with E-state index in [0.717, 1.165) is 14.6 Å². The highest BCUT2D eigenvalue weighted by Gasteiger charge is 2.09. The van der Waals surface area contributed by atoms with Crippen LogP contribution in [0.25, 0.3) is 10.2 Å². The highest BCUT2D eigenvalue weighted by molar-refractivity contribution is 8.00. The number of thiazole rings is 1. The maximum Gasteiger partial charge on any atom is 0.255 e. The van der Waals surface area contributed by atoms with Crippen LogP contribution in [0.3, 0.4) is 0 Å². The van der Waals surface area contributed by atoms with Gasteiger partial charge in [0, 0.05) is 23.9 Å². The molecule has 3 aromatic rings. The number of thioether (sulfide) groups is 1. The van der Waals surface area contributed by atoms with Crippen molar-refractivity contribution < 1.29 is 9.59 Å². The highest BCUT2D eigenvalue weighted by Crippen LogP contribution is 2.30. The SMILES string of the molecule is CSc1nc2ccc(NC(=O)c3cccc(NC(C)=O)c3)cc2s1. The van der Waals surface area contributed by atoms with Gasteiger partial charge in [-0.1, -0.05) is 17.8 Å². The standard InChI is InChI=1S/C17H15N3O2S2/c1-10(21)18-12-5-3-4-11(8-12)16(22)19-13-6-7-14-15(9-13)24-17(20-14)23-2/h3-9H,1-2H3,(H,18,21)(H,19,22). The molecule has 5 nitrogen and oxygen atoms in total. The molecule has 0 saturated heterocycles. The Kier molecular flexibility index (Phi) is 4.82. The number of benzene rings is 2. The van der Waals surface area contributed by atoms with Gasteiger partial charge in [-0.25, -0.2) is 4.98 Å². The van der Waals surface area contributed by atoms with Crippen LogP contribution in [0.15, 0.2) is 46.8 Å². The van der Waals surface area contributed by atoms with Crippen molar-refractivity contribution >= 4 is 56.5 Å². The van der Waals surface area contributed by atoms with Crippen LogP contribution < -0.4 is 10.6 Å². The molecule has 0 atom stereocenters. The Labute approximate surface area is 147 Å². The molecule has 1 aromatic heterocycles. The molecule has 24 heavy (non-hydrogen) atoms. The highest BCUT2D eigenvalue weighted by atomic mass is 32.2. The van der Waals surface area contributed by atoms with Crippen LogP contribution in [0.4, 0.5) is 11.4 Å². The van der Waals surface area contributed by atoms with E-state index in [1.54, 1.807) is 47.4 Å². The normalized spacial score (nSPS) is 10.6. The molecule has 0 spiro atoms. The van der Waals surface area contributed by atoms with Gasteiger partial charge in [-0.05, 0) is 42.7 Å². The van der Waals surface area contributed by atoms with Crippen LogP contribution in [0.5, 0.6) is 0 Å². The van der Waals surface area contributed by atoms with E-state index in [1.807, 2.05) is 24.5 Å². The van der Waals surface area contributed by atoms with Crippen LogP contribution in [-0.4, -0.2) is 23.1 Å². The lowest BCUT2D eigenvalue weighted by atomic mass is 10.2. The third kappa shape index (κ3) is 3.74. The molecule has 0 aliphatic rings. The van der Waals surface area contributed by atoms with Crippen molar-refractivity contribution in [2.24, 2.45) is 0 Å². The molecule has 0 unspecified atom stereocenters. The lowest BCUT2D eigenvalue weighted by Crippen LogP contribution is -2.13. The third-order valence-electron chi connectivity index (χ3n) is 3.25. The predicted octanol–water partition coefficient (Wildman–Crippen LogP) is 4.23. The molecule has 2 N–H and O–H groups in total. The number of anilines is 2. The fraction of sp³-hybridized carbons (Fsp3) is 0.118. The summed E-state index contributed by atoms with van der Waals surface area (Å²) in [7, 11) is 0. The monoisotopic (exact) mass is 357 g/mol. The largest absolute Gasteiger partial charge is 0.326 e. The number of rotatable bonds is 4. The zero-order chi connectivity index (χ0) is 17.1. The summed E-state index contributed by atoms with van der Waals surface area (Å²) in [6.07, 6.45) is 1.99. The molecule has 0 fully saturated rings. The Hall–Kier alpha value is -2.38. The minimum atomic E-state index is -0.226. The van der Waals surface area contributed by atoms with Gasteiger partial charge in [0.1, 0.15) is 0 Å². The lowest BCUT2D eigenvalue weighted by Gasteiger charge is -2.07. The van der Waals surface area contributed by atoms with Crippen LogP contribution in [0.1, 0.15) is 17.3 Å². The first kappa shape index (κ1) is 16.5. The molecule has 2 amide bonds. The molecule has 1 heterocycles. The van der Waals surface area contributed by atoms with E-state index >= 15 is 0 Å². The number of hydrogen-bond acceptors (Lipinski definition) is 5. The van der Waals surface area contributed by atoms with Crippen molar-refractivity contribution in [2.75, 3.05) is 16.9 Å². The van der Waals surface area contributed by atoms with E-state index in [4.69, 9.17) is 0 Å². The van der Waals surface area contributed by atoms with Gasteiger partial charge in [-0.15, -0.1) is 11.3 Å².